The predicted octanol–water partition coefficient (Wildman–Crippen LogP) is 11.0. The number of rotatable bonds is 38. The lowest BCUT2D eigenvalue weighted by atomic mass is 10.1. The van der Waals surface area contributed by atoms with Gasteiger partial charge in [0.1, 0.15) is 6.61 Å². The molecule has 0 aromatic carbocycles. The summed E-state index contributed by atoms with van der Waals surface area (Å²) in [5.74, 6) is -1.05. The summed E-state index contributed by atoms with van der Waals surface area (Å²) in [5.41, 5.74) is 5.33. The van der Waals surface area contributed by atoms with Crippen molar-refractivity contribution in [2.45, 2.75) is 161 Å². The molecule has 56 heavy (non-hydrogen) atoms. The second kappa shape index (κ2) is 40.4. The van der Waals surface area contributed by atoms with E-state index in [0.717, 1.165) is 64.2 Å². The Balaban J connectivity index is 4.39. The Labute approximate surface area is 339 Å². The number of unbranched alkanes of at least 4 members (excludes halogenated alkanes) is 10. The van der Waals surface area contributed by atoms with Gasteiger partial charge in [0.15, 0.2) is 6.10 Å². The van der Waals surface area contributed by atoms with Crippen LogP contribution in [0.3, 0.4) is 0 Å². The van der Waals surface area contributed by atoms with E-state index < -0.39 is 38.6 Å². The molecule has 4 N–H and O–H groups in total. The highest BCUT2D eigenvalue weighted by molar-refractivity contribution is 7.47. The number of carbonyl (C=O) groups excluding carboxylic acids is 2. The molecule has 11 heteroatoms. The maximum absolute atomic E-state index is 12.6. The SMILES string of the molecule is CC/C=C\C/C=C\C/C=C\C/C=C\C=C\C(O)CCCC(=O)OC[C@H](COP(=O)(O)OCCN)OC(=O)CCCCCCCCC/C=C\C/C=C\CCCCC. The van der Waals surface area contributed by atoms with E-state index in [1.54, 1.807) is 12.2 Å². The Morgan fingerprint density at radius 3 is 1.82 bits per heavy atom. The molecule has 0 aromatic heterocycles. The summed E-state index contributed by atoms with van der Waals surface area (Å²) in [6, 6.07) is 0. The molecule has 0 saturated carbocycles. The van der Waals surface area contributed by atoms with Gasteiger partial charge in [-0.2, -0.15) is 0 Å². The van der Waals surface area contributed by atoms with Crippen molar-refractivity contribution in [1.82, 2.24) is 0 Å². The van der Waals surface area contributed by atoms with E-state index in [-0.39, 0.29) is 32.6 Å². The van der Waals surface area contributed by atoms with Gasteiger partial charge in [-0.05, 0) is 77.0 Å². The van der Waals surface area contributed by atoms with E-state index >= 15 is 0 Å². The second-order valence-electron chi connectivity index (χ2n) is 13.7. The molecule has 3 atom stereocenters. The molecule has 0 saturated heterocycles. The van der Waals surface area contributed by atoms with Gasteiger partial charge in [-0.15, -0.1) is 0 Å². The molecule has 0 heterocycles. The molecule has 0 fully saturated rings. The fourth-order valence-electron chi connectivity index (χ4n) is 5.22. The third-order valence-corrected chi connectivity index (χ3v) is 9.35. The lowest BCUT2D eigenvalue weighted by molar-refractivity contribution is -0.161. The van der Waals surface area contributed by atoms with E-state index in [1.165, 1.54) is 38.5 Å². The third-order valence-electron chi connectivity index (χ3n) is 8.37. The quantitative estimate of drug-likeness (QED) is 0.0180. The van der Waals surface area contributed by atoms with E-state index in [0.29, 0.717) is 19.3 Å². The summed E-state index contributed by atoms with van der Waals surface area (Å²) in [6.07, 6.45) is 46.4. The van der Waals surface area contributed by atoms with Crippen molar-refractivity contribution in [3.05, 3.63) is 85.1 Å². The van der Waals surface area contributed by atoms with E-state index in [4.69, 9.17) is 24.3 Å². The smallest absolute Gasteiger partial charge is 0.462 e. The van der Waals surface area contributed by atoms with Gasteiger partial charge in [-0.1, -0.05) is 144 Å². The molecule has 0 bridgehead atoms. The van der Waals surface area contributed by atoms with Crippen molar-refractivity contribution >= 4 is 19.8 Å². The molecule has 10 nitrogen and oxygen atoms in total. The first kappa shape index (κ1) is 53.1. The Bertz CT molecular complexity index is 1210. The van der Waals surface area contributed by atoms with Crippen molar-refractivity contribution in [1.29, 1.82) is 0 Å². The fourth-order valence-corrected chi connectivity index (χ4v) is 5.99. The Morgan fingerprint density at radius 2 is 1.20 bits per heavy atom. The van der Waals surface area contributed by atoms with Crippen LogP contribution in [-0.2, 0) is 32.7 Å². The summed E-state index contributed by atoms with van der Waals surface area (Å²) < 4.78 is 32.6. The molecule has 0 amide bonds. The first-order valence-corrected chi connectivity index (χ1v) is 22.7. The van der Waals surface area contributed by atoms with Gasteiger partial charge >= 0.3 is 19.8 Å². The minimum atomic E-state index is -4.43. The van der Waals surface area contributed by atoms with Crippen LogP contribution in [0.4, 0.5) is 0 Å². The van der Waals surface area contributed by atoms with Crippen LogP contribution < -0.4 is 5.73 Å². The summed E-state index contributed by atoms with van der Waals surface area (Å²) in [4.78, 5) is 34.9. The van der Waals surface area contributed by atoms with Gasteiger partial charge in [-0.3, -0.25) is 18.6 Å². The zero-order valence-corrected chi connectivity index (χ0v) is 35.6. The molecule has 0 aliphatic carbocycles. The molecule has 0 aromatic rings. The Hall–Kier alpha value is -2.85. The molecule has 0 spiro atoms. The Kier molecular flexibility index (Phi) is 38.3. The minimum absolute atomic E-state index is 0.0214. The number of aliphatic hydroxyl groups excluding tert-OH is 1. The van der Waals surface area contributed by atoms with Gasteiger partial charge < -0.3 is 25.2 Å². The largest absolute Gasteiger partial charge is 0.472 e. The van der Waals surface area contributed by atoms with Crippen LogP contribution in [0.5, 0.6) is 0 Å². The normalized spacial score (nSPS) is 14.7. The van der Waals surface area contributed by atoms with Crippen molar-refractivity contribution < 1.29 is 42.7 Å². The molecular formula is C45H76NO9P. The molecule has 0 rings (SSSR count). The summed E-state index contributed by atoms with van der Waals surface area (Å²) >= 11 is 0. The van der Waals surface area contributed by atoms with Gasteiger partial charge in [0.05, 0.1) is 19.3 Å². The van der Waals surface area contributed by atoms with Crippen LogP contribution >= 0.6 is 7.82 Å². The van der Waals surface area contributed by atoms with Gasteiger partial charge in [0.2, 0.25) is 0 Å². The van der Waals surface area contributed by atoms with Crippen LogP contribution in [0.1, 0.15) is 149 Å². The zero-order valence-electron chi connectivity index (χ0n) is 34.7. The molecule has 0 aliphatic heterocycles. The number of allylic oxidation sites excluding steroid dienone is 13. The molecular weight excluding hydrogens is 729 g/mol. The number of carbonyl (C=O) groups is 2. The summed E-state index contributed by atoms with van der Waals surface area (Å²) in [6.45, 7) is 3.33. The van der Waals surface area contributed by atoms with Crippen molar-refractivity contribution in [2.24, 2.45) is 5.73 Å². The number of esters is 2. The van der Waals surface area contributed by atoms with Gasteiger partial charge in [0.25, 0.3) is 0 Å². The highest BCUT2D eigenvalue weighted by Gasteiger charge is 2.26. The lowest BCUT2D eigenvalue weighted by Crippen LogP contribution is -2.29. The van der Waals surface area contributed by atoms with E-state index in [2.05, 4.69) is 74.6 Å². The third kappa shape index (κ3) is 39.4. The standard InChI is InChI=1S/C45H76NO9P/c1-3-5-7-9-11-13-15-17-18-19-20-22-24-26-28-30-32-36-45(49)55-43(41-54-56(50,51)53-39-38-46)40-52-44(48)37-33-35-42(47)34-31-29-27-25-23-21-16-14-12-10-8-6-4-2/h6,8,11-14,17-18,21,23,27,29,31,34,42-43,47H,3-5,7,9-10,15-16,19-20,22,24-26,28,30,32-33,35-41,46H2,1-2H3,(H,50,51)/b8-6-,13-11-,14-12-,18-17-,23-21-,29-27-,34-31+/t42?,43-/m1/s1. The average molecular weight is 806 g/mol. The average Bonchev–Trinajstić information content (AvgIpc) is 3.18. The number of aliphatic hydroxyl groups is 1. The van der Waals surface area contributed by atoms with Crippen LogP contribution in [0.25, 0.3) is 0 Å². The van der Waals surface area contributed by atoms with Crippen LogP contribution in [0, 0.1) is 0 Å². The van der Waals surface area contributed by atoms with E-state index in [1.807, 2.05) is 12.2 Å². The molecule has 2 unspecified atom stereocenters. The molecule has 320 valence electrons. The number of ether oxygens (including phenoxy) is 2. The summed E-state index contributed by atoms with van der Waals surface area (Å²) in [7, 11) is -4.43. The van der Waals surface area contributed by atoms with Crippen LogP contribution in [0.2, 0.25) is 0 Å². The maximum Gasteiger partial charge on any atom is 0.472 e. The number of hydrogen-bond acceptors (Lipinski definition) is 9. The Morgan fingerprint density at radius 1 is 0.643 bits per heavy atom. The topological polar surface area (TPSA) is 155 Å². The zero-order chi connectivity index (χ0) is 41.2. The van der Waals surface area contributed by atoms with Crippen LogP contribution in [-0.4, -0.2) is 60.5 Å². The monoisotopic (exact) mass is 806 g/mol. The number of phosphoric ester groups is 1. The second-order valence-corrected chi connectivity index (χ2v) is 15.1. The highest BCUT2D eigenvalue weighted by atomic mass is 31.2. The molecule has 0 radical (unpaired) electrons. The van der Waals surface area contributed by atoms with Gasteiger partial charge in [-0.25, -0.2) is 4.57 Å². The minimum Gasteiger partial charge on any atom is -0.462 e. The van der Waals surface area contributed by atoms with E-state index in [9.17, 15) is 24.2 Å². The first-order chi connectivity index (χ1) is 27.2. The van der Waals surface area contributed by atoms with Crippen molar-refractivity contribution in [2.75, 3.05) is 26.4 Å². The van der Waals surface area contributed by atoms with Crippen LogP contribution in [0.15, 0.2) is 85.1 Å². The lowest BCUT2D eigenvalue weighted by Gasteiger charge is -2.20. The maximum atomic E-state index is 12.6. The number of nitrogens with two attached hydrogens (primary N) is 1. The fraction of sp³-hybridized carbons (Fsp3) is 0.644. The number of hydrogen-bond donors (Lipinski definition) is 3. The summed E-state index contributed by atoms with van der Waals surface area (Å²) in [5, 5.41) is 10.2. The van der Waals surface area contributed by atoms with Crippen molar-refractivity contribution in [3.63, 3.8) is 0 Å². The first-order valence-electron chi connectivity index (χ1n) is 21.2. The van der Waals surface area contributed by atoms with Crippen molar-refractivity contribution in [3.8, 4) is 0 Å². The predicted molar refractivity (Wildman–Crippen MR) is 230 cm³/mol. The van der Waals surface area contributed by atoms with Gasteiger partial charge in [0, 0.05) is 19.4 Å². The highest BCUT2D eigenvalue weighted by Crippen LogP contribution is 2.43. The number of phosphoric acid groups is 1. The molecule has 0 aliphatic rings.